The molecule has 8 nitrogen and oxygen atoms in total. The Morgan fingerprint density at radius 3 is 3.17 bits per heavy atom. The summed E-state index contributed by atoms with van der Waals surface area (Å²) in [5, 5.41) is 9.64. The second-order valence-corrected chi connectivity index (χ2v) is 3.53. The highest BCUT2D eigenvalue weighted by molar-refractivity contribution is 5.79. The van der Waals surface area contributed by atoms with E-state index in [1.165, 1.54) is 6.33 Å². The molecule has 0 atom stereocenters. The van der Waals surface area contributed by atoms with Crippen molar-refractivity contribution in [1.29, 1.82) is 0 Å². The van der Waals surface area contributed by atoms with E-state index in [9.17, 15) is 0 Å². The average molecular weight is 255 g/mol. The van der Waals surface area contributed by atoms with Gasteiger partial charge in [0.2, 0.25) is 5.96 Å². The lowest BCUT2D eigenvalue weighted by molar-refractivity contribution is 0.146. The first-order valence-electron chi connectivity index (χ1n) is 6.03. The Hall–Kier alpha value is -1.67. The van der Waals surface area contributed by atoms with Crippen LogP contribution in [0.4, 0.5) is 0 Å². The van der Waals surface area contributed by atoms with E-state index in [1.807, 2.05) is 6.92 Å². The third-order valence-electron chi connectivity index (χ3n) is 2.18. The largest absolute Gasteiger partial charge is 0.382 e. The van der Waals surface area contributed by atoms with Gasteiger partial charge < -0.3 is 10.1 Å². The number of aromatic amines is 1. The molecule has 0 radical (unpaired) electrons. The third-order valence-corrected chi connectivity index (χ3v) is 2.18. The SMILES string of the molecule is CCOCCCN=C(NN)NCCc1ncn[nH]1. The molecule has 0 saturated heterocycles. The van der Waals surface area contributed by atoms with Crippen LogP contribution in [0.25, 0.3) is 0 Å². The van der Waals surface area contributed by atoms with Crippen LogP contribution in [0, 0.1) is 0 Å². The van der Waals surface area contributed by atoms with E-state index >= 15 is 0 Å². The number of nitrogens with two attached hydrogens (primary N) is 1. The summed E-state index contributed by atoms with van der Waals surface area (Å²) >= 11 is 0. The molecule has 0 bridgehead atoms. The van der Waals surface area contributed by atoms with Gasteiger partial charge in [-0.3, -0.25) is 15.5 Å². The van der Waals surface area contributed by atoms with Crippen molar-refractivity contribution < 1.29 is 4.74 Å². The Morgan fingerprint density at radius 2 is 2.50 bits per heavy atom. The fourth-order valence-corrected chi connectivity index (χ4v) is 1.30. The smallest absolute Gasteiger partial charge is 0.205 e. The Kier molecular flexibility index (Phi) is 7.49. The summed E-state index contributed by atoms with van der Waals surface area (Å²) in [6.07, 6.45) is 3.10. The minimum absolute atomic E-state index is 0.575. The predicted octanol–water partition coefficient (Wildman–Crippen LogP) is -0.817. The topological polar surface area (TPSA) is 113 Å². The number of hydrogen-bond acceptors (Lipinski definition) is 5. The minimum Gasteiger partial charge on any atom is -0.382 e. The number of hydrogen-bond donors (Lipinski definition) is 4. The number of H-pyrrole nitrogens is 1. The van der Waals surface area contributed by atoms with E-state index < -0.39 is 0 Å². The van der Waals surface area contributed by atoms with Crippen LogP contribution in [-0.2, 0) is 11.2 Å². The summed E-state index contributed by atoms with van der Waals surface area (Å²) in [5.41, 5.74) is 2.52. The highest BCUT2D eigenvalue weighted by atomic mass is 16.5. The Balaban J connectivity index is 2.14. The van der Waals surface area contributed by atoms with E-state index in [0.29, 0.717) is 19.0 Å². The molecular weight excluding hydrogens is 234 g/mol. The normalized spacial score (nSPS) is 11.6. The molecule has 0 aromatic carbocycles. The fraction of sp³-hybridized carbons (Fsp3) is 0.700. The van der Waals surface area contributed by atoms with Crippen LogP contribution < -0.4 is 16.6 Å². The highest BCUT2D eigenvalue weighted by Gasteiger charge is 1.98. The molecule has 0 amide bonds. The van der Waals surface area contributed by atoms with Gasteiger partial charge in [0.15, 0.2) is 0 Å². The van der Waals surface area contributed by atoms with Gasteiger partial charge in [-0.25, -0.2) is 10.8 Å². The summed E-state index contributed by atoms with van der Waals surface area (Å²) in [5.74, 6) is 6.77. The molecule has 1 aromatic rings. The van der Waals surface area contributed by atoms with Gasteiger partial charge in [-0.1, -0.05) is 0 Å². The monoisotopic (exact) mass is 255 g/mol. The number of nitrogens with zero attached hydrogens (tertiary/aromatic N) is 3. The summed E-state index contributed by atoms with van der Waals surface area (Å²) in [6, 6.07) is 0. The van der Waals surface area contributed by atoms with Crippen LogP contribution in [0.5, 0.6) is 0 Å². The summed E-state index contributed by atoms with van der Waals surface area (Å²) in [7, 11) is 0. The average Bonchev–Trinajstić information content (AvgIpc) is 2.89. The van der Waals surface area contributed by atoms with Gasteiger partial charge >= 0.3 is 0 Å². The van der Waals surface area contributed by atoms with Crippen LogP contribution in [0.1, 0.15) is 19.2 Å². The third kappa shape index (κ3) is 6.16. The van der Waals surface area contributed by atoms with Crippen LogP contribution in [0.15, 0.2) is 11.3 Å². The van der Waals surface area contributed by atoms with Crippen molar-refractivity contribution in [2.75, 3.05) is 26.3 Å². The number of aliphatic imine (C=N–C) groups is 1. The van der Waals surface area contributed by atoms with Crippen LogP contribution >= 0.6 is 0 Å². The van der Waals surface area contributed by atoms with E-state index in [0.717, 1.165) is 31.9 Å². The molecule has 18 heavy (non-hydrogen) atoms. The van der Waals surface area contributed by atoms with Crippen molar-refractivity contribution in [3.63, 3.8) is 0 Å². The summed E-state index contributed by atoms with van der Waals surface area (Å²) in [6.45, 7) is 4.79. The summed E-state index contributed by atoms with van der Waals surface area (Å²) in [4.78, 5) is 8.30. The first-order valence-corrected chi connectivity index (χ1v) is 6.03. The minimum atomic E-state index is 0.575. The zero-order chi connectivity index (χ0) is 13.1. The molecule has 0 aliphatic heterocycles. The molecule has 5 N–H and O–H groups in total. The van der Waals surface area contributed by atoms with E-state index in [2.05, 4.69) is 30.9 Å². The maximum atomic E-state index is 5.36. The van der Waals surface area contributed by atoms with Crippen molar-refractivity contribution in [3.8, 4) is 0 Å². The molecule has 0 saturated carbocycles. The van der Waals surface area contributed by atoms with Crippen LogP contribution in [0.3, 0.4) is 0 Å². The van der Waals surface area contributed by atoms with E-state index in [1.54, 1.807) is 0 Å². The second kappa shape index (κ2) is 9.37. The maximum absolute atomic E-state index is 5.36. The molecule has 0 aliphatic carbocycles. The van der Waals surface area contributed by atoms with Crippen molar-refractivity contribution in [1.82, 2.24) is 25.9 Å². The number of aromatic nitrogens is 3. The maximum Gasteiger partial charge on any atom is 0.205 e. The predicted molar refractivity (Wildman–Crippen MR) is 68.8 cm³/mol. The first-order chi connectivity index (χ1) is 8.86. The standard InChI is InChI=1S/C10H21N7O/c1-2-18-7-3-5-12-10(16-11)13-6-4-9-14-8-15-17-9/h8H,2-7,11H2,1H3,(H2,12,13,16)(H,14,15,17). The van der Waals surface area contributed by atoms with Gasteiger partial charge in [0.25, 0.3) is 0 Å². The van der Waals surface area contributed by atoms with Crippen molar-refractivity contribution >= 4 is 5.96 Å². The Morgan fingerprint density at radius 1 is 1.61 bits per heavy atom. The van der Waals surface area contributed by atoms with Crippen molar-refractivity contribution in [3.05, 3.63) is 12.2 Å². The second-order valence-electron chi connectivity index (χ2n) is 3.53. The Bertz CT molecular complexity index is 325. The molecular formula is C10H21N7O. The quantitative estimate of drug-likeness (QED) is 0.159. The zero-order valence-electron chi connectivity index (χ0n) is 10.6. The molecule has 8 heteroatoms. The molecule has 1 aromatic heterocycles. The van der Waals surface area contributed by atoms with Crippen molar-refractivity contribution in [2.45, 2.75) is 19.8 Å². The molecule has 102 valence electrons. The number of hydrazine groups is 1. The van der Waals surface area contributed by atoms with Gasteiger partial charge in [0.05, 0.1) is 0 Å². The molecule has 0 aliphatic rings. The fourth-order valence-electron chi connectivity index (χ4n) is 1.30. The summed E-state index contributed by atoms with van der Waals surface area (Å²) < 4.78 is 5.22. The van der Waals surface area contributed by atoms with Gasteiger partial charge in [-0.2, -0.15) is 5.10 Å². The number of ether oxygens (including phenoxy) is 1. The lowest BCUT2D eigenvalue weighted by atomic mass is 10.4. The molecule has 0 unspecified atom stereocenters. The van der Waals surface area contributed by atoms with Crippen LogP contribution in [0.2, 0.25) is 0 Å². The molecule has 0 spiro atoms. The van der Waals surface area contributed by atoms with Gasteiger partial charge in [0, 0.05) is 32.7 Å². The molecule has 1 rings (SSSR count). The number of rotatable bonds is 8. The lowest BCUT2D eigenvalue weighted by Crippen LogP contribution is -2.42. The number of nitrogens with one attached hydrogen (secondary N) is 3. The highest BCUT2D eigenvalue weighted by Crippen LogP contribution is 1.86. The molecule has 1 heterocycles. The van der Waals surface area contributed by atoms with Crippen LogP contribution in [-0.4, -0.2) is 47.4 Å². The lowest BCUT2D eigenvalue weighted by Gasteiger charge is -2.08. The first kappa shape index (κ1) is 14.4. The van der Waals surface area contributed by atoms with E-state index in [-0.39, 0.29) is 0 Å². The number of guanidine groups is 1. The molecule has 0 fully saturated rings. The van der Waals surface area contributed by atoms with Crippen molar-refractivity contribution in [2.24, 2.45) is 10.8 Å². The zero-order valence-corrected chi connectivity index (χ0v) is 10.6. The Labute approximate surface area is 106 Å². The van der Waals surface area contributed by atoms with Gasteiger partial charge in [0.1, 0.15) is 12.2 Å². The van der Waals surface area contributed by atoms with Gasteiger partial charge in [-0.15, -0.1) is 0 Å². The van der Waals surface area contributed by atoms with E-state index in [4.69, 9.17) is 10.6 Å². The van der Waals surface area contributed by atoms with Gasteiger partial charge in [-0.05, 0) is 13.3 Å².